The maximum absolute atomic E-state index is 11.1. The summed E-state index contributed by atoms with van der Waals surface area (Å²) in [5, 5.41) is 20.7. The summed E-state index contributed by atoms with van der Waals surface area (Å²) in [7, 11) is 0. The zero-order valence-corrected chi connectivity index (χ0v) is 25.8. The number of hydrogen-bond acceptors (Lipinski definition) is 7. The van der Waals surface area contributed by atoms with Gasteiger partial charge >= 0.3 is 5.97 Å². The van der Waals surface area contributed by atoms with Crippen molar-refractivity contribution in [2.75, 3.05) is 32.7 Å². The normalized spacial score (nSPS) is 21.1. The van der Waals surface area contributed by atoms with Crippen LogP contribution in [0.1, 0.15) is 60.3 Å². The molecule has 2 aliphatic heterocycles. The third kappa shape index (κ3) is 7.41. The van der Waals surface area contributed by atoms with Crippen LogP contribution in [0.2, 0.25) is 0 Å². The topological polar surface area (TPSA) is 128 Å². The molecule has 3 atom stereocenters. The zero-order chi connectivity index (χ0) is 30.7. The van der Waals surface area contributed by atoms with Crippen molar-refractivity contribution in [3.05, 3.63) is 65.0 Å². The molecule has 6 rings (SSSR count). The average molecular weight is 591 g/mol. The number of carboxylic acids is 1. The minimum atomic E-state index is -0.992. The number of aryl methyl sites for hydroxylation is 2. The number of aromatic amines is 1. The number of furan rings is 1. The summed E-state index contributed by atoms with van der Waals surface area (Å²) in [5.74, 6) is 0.0595. The van der Waals surface area contributed by atoms with Gasteiger partial charge in [-0.1, -0.05) is 13.0 Å². The second kappa shape index (κ2) is 13.5. The highest BCUT2D eigenvalue weighted by molar-refractivity contribution is 5.96. The molecule has 9 nitrogen and oxygen atoms in total. The average Bonchev–Trinajstić information content (AvgIpc) is 3.60. The zero-order valence-electron chi connectivity index (χ0n) is 25.8. The number of H-pyrrole nitrogens is 1. The number of aliphatic hydroxyl groups excluding tert-OH is 1. The van der Waals surface area contributed by atoms with Gasteiger partial charge in [0.15, 0.2) is 0 Å². The van der Waals surface area contributed by atoms with Gasteiger partial charge in [0, 0.05) is 53.6 Å². The Kier molecular flexibility index (Phi) is 9.76. The SMILES string of the molecule is C[C@H]1CN([C@@H](C)CN2CCC(N)CC2)CC[C@@H]1O.Cc1cc2occ(COc3cccc4[nH]c(C(=O)O)cc34)c2cc1C. The van der Waals surface area contributed by atoms with Crippen molar-refractivity contribution in [3.8, 4) is 5.75 Å². The summed E-state index contributed by atoms with van der Waals surface area (Å²) in [4.78, 5) is 19.1. The molecule has 4 heterocycles. The number of nitrogens with one attached hydrogen (secondary N) is 1. The predicted molar refractivity (Wildman–Crippen MR) is 170 cm³/mol. The third-order valence-corrected chi connectivity index (χ3v) is 9.18. The van der Waals surface area contributed by atoms with E-state index in [9.17, 15) is 9.90 Å². The van der Waals surface area contributed by atoms with Crippen LogP contribution in [0, 0.1) is 19.8 Å². The van der Waals surface area contributed by atoms with Gasteiger partial charge in [0.05, 0.1) is 12.4 Å². The summed E-state index contributed by atoms with van der Waals surface area (Å²) in [6.45, 7) is 14.5. The van der Waals surface area contributed by atoms with Gasteiger partial charge in [-0.3, -0.25) is 4.90 Å². The van der Waals surface area contributed by atoms with E-state index in [1.165, 1.54) is 11.1 Å². The van der Waals surface area contributed by atoms with Crippen molar-refractivity contribution in [2.45, 2.75) is 71.8 Å². The molecule has 5 N–H and O–H groups in total. The molecule has 0 bridgehead atoms. The van der Waals surface area contributed by atoms with E-state index in [0.717, 1.165) is 79.4 Å². The largest absolute Gasteiger partial charge is 0.488 e. The van der Waals surface area contributed by atoms with Crippen LogP contribution in [0.5, 0.6) is 5.75 Å². The highest BCUT2D eigenvalue weighted by Crippen LogP contribution is 2.30. The number of hydrogen-bond donors (Lipinski definition) is 4. The Labute approximate surface area is 253 Å². The van der Waals surface area contributed by atoms with Crippen LogP contribution >= 0.6 is 0 Å². The molecule has 43 heavy (non-hydrogen) atoms. The Balaban J connectivity index is 0.000000181. The molecule has 9 heteroatoms. The quantitative estimate of drug-likeness (QED) is 0.228. The highest BCUT2D eigenvalue weighted by Gasteiger charge is 2.28. The number of aliphatic hydroxyl groups is 1. The number of benzene rings is 2. The molecule has 232 valence electrons. The Morgan fingerprint density at radius 3 is 2.58 bits per heavy atom. The maximum atomic E-state index is 11.1. The van der Waals surface area contributed by atoms with E-state index in [2.05, 4.69) is 48.5 Å². The molecule has 0 aliphatic carbocycles. The number of ether oxygens (including phenoxy) is 1. The number of piperidine rings is 2. The molecule has 2 aromatic carbocycles. The number of rotatable bonds is 7. The first-order valence-corrected chi connectivity index (χ1v) is 15.4. The summed E-state index contributed by atoms with van der Waals surface area (Å²) >= 11 is 0. The molecule has 2 saturated heterocycles. The number of aromatic nitrogens is 1. The van der Waals surface area contributed by atoms with Crippen LogP contribution in [0.4, 0.5) is 0 Å². The lowest BCUT2D eigenvalue weighted by atomic mass is 9.95. The molecular weight excluding hydrogens is 544 g/mol. The van der Waals surface area contributed by atoms with E-state index in [1.54, 1.807) is 12.3 Å². The van der Waals surface area contributed by atoms with Gasteiger partial charge in [-0.2, -0.15) is 0 Å². The fraction of sp³-hybridized carbons (Fsp3) is 0.500. The van der Waals surface area contributed by atoms with Crippen molar-refractivity contribution in [3.63, 3.8) is 0 Å². The third-order valence-electron chi connectivity index (χ3n) is 9.18. The lowest BCUT2D eigenvalue weighted by Gasteiger charge is -2.41. The summed E-state index contributed by atoms with van der Waals surface area (Å²) in [6, 6.07) is 12.2. The monoisotopic (exact) mass is 590 g/mol. The van der Waals surface area contributed by atoms with Crippen molar-refractivity contribution < 1.29 is 24.2 Å². The summed E-state index contributed by atoms with van der Waals surface area (Å²) in [6.07, 6.45) is 4.82. The Hall–Kier alpha value is -3.37. The summed E-state index contributed by atoms with van der Waals surface area (Å²) < 4.78 is 11.6. The molecule has 2 fully saturated rings. The molecule has 0 spiro atoms. The number of aromatic carboxylic acids is 1. The number of carboxylic acid groups (broad SMARTS) is 1. The standard InChI is InChI=1S/C20H17NO4.C14H29N3O/c1-11-6-14-13(10-25-19(14)7-12(11)2)9-24-18-5-3-4-16-15(18)8-17(21-16)20(22)23;1-11-9-17(8-5-14(11)18)12(2)10-16-6-3-13(15)4-7-16/h3-8,10,21H,9H2,1-2H3,(H,22,23);11-14,18H,3-10,15H2,1-2H3/t;11-,12-,14-/m.0/s1. The van der Waals surface area contributed by atoms with E-state index in [4.69, 9.17) is 20.0 Å². The van der Waals surface area contributed by atoms with Gasteiger partial charge in [0.25, 0.3) is 0 Å². The second-order valence-corrected chi connectivity index (χ2v) is 12.5. The van der Waals surface area contributed by atoms with Gasteiger partial charge < -0.3 is 35.0 Å². The van der Waals surface area contributed by atoms with Gasteiger partial charge in [0.2, 0.25) is 0 Å². The van der Waals surface area contributed by atoms with Crippen LogP contribution in [-0.2, 0) is 6.61 Å². The molecule has 0 amide bonds. The van der Waals surface area contributed by atoms with Crippen LogP contribution < -0.4 is 10.5 Å². The van der Waals surface area contributed by atoms with Gasteiger partial charge in [0.1, 0.15) is 23.6 Å². The van der Waals surface area contributed by atoms with E-state index in [0.29, 0.717) is 30.4 Å². The lowest BCUT2D eigenvalue weighted by molar-refractivity contribution is 0.0119. The number of carbonyl (C=O) groups is 1. The van der Waals surface area contributed by atoms with Crippen molar-refractivity contribution in [1.29, 1.82) is 0 Å². The molecule has 0 unspecified atom stereocenters. The molecule has 2 aliphatic rings. The van der Waals surface area contributed by atoms with Crippen LogP contribution in [-0.4, -0.2) is 81.9 Å². The van der Waals surface area contributed by atoms with E-state index in [-0.39, 0.29) is 11.8 Å². The first-order chi connectivity index (χ1) is 20.6. The highest BCUT2D eigenvalue weighted by atomic mass is 16.5. The minimum absolute atomic E-state index is 0.0959. The Morgan fingerprint density at radius 1 is 1.12 bits per heavy atom. The Bertz CT molecular complexity index is 1540. The number of nitrogens with zero attached hydrogens (tertiary/aromatic N) is 2. The maximum Gasteiger partial charge on any atom is 0.352 e. The number of fused-ring (bicyclic) bond motifs is 2. The lowest BCUT2D eigenvalue weighted by Crippen LogP contribution is -2.51. The van der Waals surface area contributed by atoms with Crippen molar-refractivity contribution in [1.82, 2.24) is 14.8 Å². The first kappa shape index (κ1) is 31.1. The van der Waals surface area contributed by atoms with E-state index >= 15 is 0 Å². The van der Waals surface area contributed by atoms with Crippen LogP contribution in [0.3, 0.4) is 0 Å². The van der Waals surface area contributed by atoms with Gasteiger partial charge in [-0.15, -0.1) is 0 Å². The Morgan fingerprint density at radius 2 is 1.86 bits per heavy atom. The van der Waals surface area contributed by atoms with Gasteiger partial charge in [-0.25, -0.2) is 4.79 Å². The molecule has 4 aromatic rings. The van der Waals surface area contributed by atoms with E-state index in [1.807, 2.05) is 24.3 Å². The van der Waals surface area contributed by atoms with Gasteiger partial charge in [-0.05, 0) is 100 Å². The van der Waals surface area contributed by atoms with Crippen molar-refractivity contribution in [2.24, 2.45) is 11.7 Å². The number of nitrogens with two attached hydrogens (primary N) is 1. The molecule has 0 saturated carbocycles. The first-order valence-electron chi connectivity index (χ1n) is 15.4. The fourth-order valence-electron chi connectivity index (χ4n) is 6.16. The second-order valence-electron chi connectivity index (χ2n) is 12.5. The fourth-order valence-corrected chi connectivity index (χ4v) is 6.16. The van der Waals surface area contributed by atoms with Crippen LogP contribution in [0.25, 0.3) is 21.9 Å². The van der Waals surface area contributed by atoms with E-state index < -0.39 is 5.97 Å². The minimum Gasteiger partial charge on any atom is -0.488 e. The predicted octanol–water partition coefficient (Wildman–Crippen LogP) is 5.31. The molecule has 2 aromatic heterocycles. The number of likely N-dealkylation sites (tertiary alicyclic amines) is 2. The molecular formula is C34H46N4O5. The van der Waals surface area contributed by atoms with Crippen molar-refractivity contribution >= 4 is 27.8 Å². The van der Waals surface area contributed by atoms with Crippen LogP contribution in [0.15, 0.2) is 47.1 Å². The summed E-state index contributed by atoms with van der Waals surface area (Å²) in [5.41, 5.74) is 11.0. The molecule has 0 radical (unpaired) electrons. The smallest absolute Gasteiger partial charge is 0.352 e.